The van der Waals surface area contributed by atoms with Crippen LogP contribution in [0.5, 0.6) is 5.75 Å². The van der Waals surface area contributed by atoms with E-state index in [-0.39, 0.29) is 12.5 Å². The number of benzene rings is 1. The minimum absolute atomic E-state index is 0.0325. The number of aryl methyl sites for hydroxylation is 1. The molecule has 0 saturated carbocycles. The third-order valence-electron chi connectivity index (χ3n) is 4.41. The fourth-order valence-electron chi connectivity index (χ4n) is 3.24. The third kappa shape index (κ3) is 3.51. The van der Waals surface area contributed by atoms with E-state index in [1.165, 1.54) is 11.1 Å². The van der Waals surface area contributed by atoms with E-state index in [4.69, 9.17) is 4.74 Å². The van der Waals surface area contributed by atoms with E-state index in [9.17, 15) is 13.2 Å². The van der Waals surface area contributed by atoms with Crippen molar-refractivity contribution in [3.8, 4) is 5.75 Å². The average Bonchev–Trinajstić information content (AvgIpc) is 2.92. The first-order valence-corrected chi connectivity index (χ1v) is 7.60. The predicted molar refractivity (Wildman–Crippen MR) is 74.6 cm³/mol. The summed E-state index contributed by atoms with van der Waals surface area (Å²) in [6.45, 7) is 0.732. The predicted octanol–water partition coefficient (Wildman–Crippen LogP) is 3.63. The van der Waals surface area contributed by atoms with Gasteiger partial charge in [-0.05, 0) is 42.9 Å². The summed E-state index contributed by atoms with van der Waals surface area (Å²) in [5.74, 6) is 0.951. The van der Waals surface area contributed by atoms with Crippen LogP contribution in [0, 0.1) is 0 Å². The maximum absolute atomic E-state index is 12.8. The van der Waals surface area contributed by atoms with Crippen LogP contribution in [-0.4, -0.2) is 24.9 Å². The van der Waals surface area contributed by atoms with Crippen LogP contribution in [0.25, 0.3) is 0 Å². The van der Waals surface area contributed by atoms with Gasteiger partial charge in [0, 0.05) is 12.5 Å². The molecule has 2 aliphatic rings. The van der Waals surface area contributed by atoms with E-state index in [1.54, 1.807) is 0 Å². The van der Waals surface area contributed by atoms with Gasteiger partial charge in [0.25, 0.3) is 0 Å². The first-order valence-electron chi connectivity index (χ1n) is 7.60. The highest BCUT2D eigenvalue weighted by Crippen LogP contribution is 2.30. The number of halogens is 3. The van der Waals surface area contributed by atoms with Crippen molar-refractivity contribution in [3.63, 3.8) is 0 Å². The number of nitrogens with one attached hydrogen (secondary N) is 1. The number of alkyl halides is 3. The molecule has 1 aromatic rings. The van der Waals surface area contributed by atoms with Gasteiger partial charge in [-0.3, -0.25) is 0 Å². The SMILES string of the molecule is FC(F)(F)C1CCCC(CCc2ccc3c(c2)CCO3)N1. The topological polar surface area (TPSA) is 21.3 Å². The summed E-state index contributed by atoms with van der Waals surface area (Å²) in [5, 5.41) is 2.77. The van der Waals surface area contributed by atoms with Gasteiger partial charge in [-0.25, -0.2) is 0 Å². The zero-order chi connectivity index (χ0) is 14.9. The second-order valence-electron chi connectivity index (χ2n) is 5.97. The molecule has 0 aliphatic carbocycles. The molecule has 2 atom stereocenters. The Balaban J connectivity index is 1.55. The van der Waals surface area contributed by atoms with Gasteiger partial charge >= 0.3 is 6.18 Å². The molecule has 3 rings (SSSR count). The number of fused-ring (bicyclic) bond motifs is 1. The maximum atomic E-state index is 12.8. The van der Waals surface area contributed by atoms with Crippen LogP contribution in [0.3, 0.4) is 0 Å². The van der Waals surface area contributed by atoms with Gasteiger partial charge in [-0.2, -0.15) is 13.2 Å². The first-order chi connectivity index (χ1) is 10.0. The van der Waals surface area contributed by atoms with Crippen molar-refractivity contribution in [2.45, 2.75) is 56.8 Å². The lowest BCUT2D eigenvalue weighted by molar-refractivity contribution is -0.163. The molecule has 2 nitrogen and oxygen atoms in total. The Bertz CT molecular complexity index is 501. The zero-order valence-corrected chi connectivity index (χ0v) is 11.9. The highest BCUT2D eigenvalue weighted by atomic mass is 19.4. The second-order valence-corrected chi connectivity index (χ2v) is 5.97. The molecular weight excluding hydrogens is 279 g/mol. The normalized spacial score (nSPS) is 25.5. The molecule has 0 radical (unpaired) electrons. The molecular formula is C16H20F3NO. The van der Waals surface area contributed by atoms with Gasteiger partial charge in [0.05, 0.1) is 6.61 Å². The van der Waals surface area contributed by atoms with Gasteiger partial charge in [0.15, 0.2) is 0 Å². The van der Waals surface area contributed by atoms with Crippen molar-refractivity contribution >= 4 is 0 Å². The standard InChI is InChI=1S/C16H20F3NO/c17-16(18,19)15-3-1-2-13(20-15)6-4-11-5-7-14-12(10-11)8-9-21-14/h5,7,10,13,15,20H,1-4,6,8-9H2. The summed E-state index contributed by atoms with van der Waals surface area (Å²) in [4.78, 5) is 0. The summed E-state index contributed by atoms with van der Waals surface area (Å²) in [7, 11) is 0. The Morgan fingerprint density at radius 2 is 2.10 bits per heavy atom. The fourth-order valence-corrected chi connectivity index (χ4v) is 3.24. The van der Waals surface area contributed by atoms with Crippen molar-refractivity contribution in [2.75, 3.05) is 6.61 Å². The number of hydrogen-bond acceptors (Lipinski definition) is 2. The number of piperidine rings is 1. The van der Waals surface area contributed by atoms with Crippen molar-refractivity contribution in [3.05, 3.63) is 29.3 Å². The van der Waals surface area contributed by atoms with E-state index in [0.717, 1.165) is 38.0 Å². The largest absolute Gasteiger partial charge is 0.493 e. The zero-order valence-electron chi connectivity index (χ0n) is 11.9. The Morgan fingerprint density at radius 3 is 2.90 bits per heavy atom. The van der Waals surface area contributed by atoms with E-state index in [1.807, 2.05) is 12.1 Å². The lowest BCUT2D eigenvalue weighted by atomic mass is 9.93. The van der Waals surface area contributed by atoms with Gasteiger partial charge in [0.2, 0.25) is 0 Å². The number of ether oxygens (including phenoxy) is 1. The van der Waals surface area contributed by atoms with Crippen LogP contribution < -0.4 is 10.1 Å². The molecule has 5 heteroatoms. The van der Waals surface area contributed by atoms with Crippen LogP contribution in [0.4, 0.5) is 13.2 Å². The van der Waals surface area contributed by atoms with Crippen LogP contribution in [0.2, 0.25) is 0 Å². The average molecular weight is 299 g/mol. The highest BCUT2D eigenvalue weighted by Gasteiger charge is 2.41. The van der Waals surface area contributed by atoms with Gasteiger partial charge in [0.1, 0.15) is 11.8 Å². The lowest BCUT2D eigenvalue weighted by Gasteiger charge is -2.32. The molecule has 2 heterocycles. The molecule has 1 N–H and O–H groups in total. The van der Waals surface area contributed by atoms with E-state index in [2.05, 4.69) is 11.4 Å². The minimum Gasteiger partial charge on any atom is -0.493 e. The van der Waals surface area contributed by atoms with E-state index < -0.39 is 12.2 Å². The molecule has 2 unspecified atom stereocenters. The van der Waals surface area contributed by atoms with Crippen molar-refractivity contribution in [1.29, 1.82) is 0 Å². The van der Waals surface area contributed by atoms with Crippen molar-refractivity contribution < 1.29 is 17.9 Å². The molecule has 0 amide bonds. The summed E-state index contributed by atoms with van der Waals surface area (Å²) < 4.78 is 43.7. The Kier molecular flexibility index (Phi) is 4.11. The molecule has 116 valence electrons. The lowest BCUT2D eigenvalue weighted by Crippen LogP contribution is -2.50. The molecule has 2 aliphatic heterocycles. The molecule has 0 bridgehead atoms. The smallest absolute Gasteiger partial charge is 0.403 e. The van der Waals surface area contributed by atoms with Crippen LogP contribution in [-0.2, 0) is 12.8 Å². The summed E-state index contributed by atoms with van der Waals surface area (Å²) in [6.07, 6.45) is 0.0724. The molecule has 1 aromatic carbocycles. The fraction of sp³-hybridized carbons (Fsp3) is 0.625. The van der Waals surface area contributed by atoms with E-state index >= 15 is 0 Å². The third-order valence-corrected chi connectivity index (χ3v) is 4.41. The molecule has 0 spiro atoms. The van der Waals surface area contributed by atoms with E-state index in [0.29, 0.717) is 6.42 Å². The molecule has 21 heavy (non-hydrogen) atoms. The van der Waals surface area contributed by atoms with Crippen LogP contribution >= 0.6 is 0 Å². The number of rotatable bonds is 3. The summed E-state index contributed by atoms with van der Waals surface area (Å²) in [5.41, 5.74) is 2.41. The maximum Gasteiger partial charge on any atom is 0.403 e. The Morgan fingerprint density at radius 1 is 1.24 bits per heavy atom. The number of hydrogen-bond donors (Lipinski definition) is 1. The van der Waals surface area contributed by atoms with Gasteiger partial charge in [-0.1, -0.05) is 18.6 Å². The van der Waals surface area contributed by atoms with Crippen LogP contribution in [0.15, 0.2) is 18.2 Å². The molecule has 0 aromatic heterocycles. The van der Waals surface area contributed by atoms with Crippen LogP contribution in [0.1, 0.15) is 36.8 Å². The Hall–Kier alpha value is -1.23. The molecule has 1 fully saturated rings. The quantitative estimate of drug-likeness (QED) is 0.920. The summed E-state index contributed by atoms with van der Waals surface area (Å²) in [6, 6.07) is 4.77. The Labute approximate surface area is 122 Å². The first kappa shape index (κ1) is 14.7. The van der Waals surface area contributed by atoms with Crippen molar-refractivity contribution in [2.24, 2.45) is 0 Å². The summed E-state index contributed by atoms with van der Waals surface area (Å²) >= 11 is 0. The van der Waals surface area contributed by atoms with Gasteiger partial charge < -0.3 is 10.1 Å². The monoisotopic (exact) mass is 299 g/mol. The second kappa shape index (κ2) is 5.87. The minimum atomic E-state index is -4.12. The van der Waals surface area contributed by atoms with Crippen molar-refractivity contribution in [1.82, 2.24) is 5.32 Å². The van der Waals surface area contributed by atoms with Gasteiger partial charge in [-0.15, -0.1) is 0 Å². The molecule has 1 saturated heterocycles. The highest BCUT2D eigenvalue weighted by molar-refractivity contribution is 5.39.